The number of hydrogen-bond donors (Lipinski definition) is 4. The minimum absolute atomic E-state index is 0.125. The Morgan fingerprint density at radius 3 is 2.55 bits per heavy atom. The van der Waals surface area contributed by atoms with Gasteiger partial charge in [-0.05, 0) is 6.20 Å². The van der Waals surface area contributed by atoms with Crippen molar-refractivity contribution in [1.82, 2.24) is 5.32 Å². The topological polar surface area (TPSA) is 78.5 Å². The molecule has 5 N–H and O–H groups in total. The first kappa shape index (κ1) is 10.9. The monoisotopic (exact) mass is 195 g/mol. The first-order chi connectivity index (χ1) is 4.99. The van der Waals surface area contributed by atoms with Crippen LogP contribution in [0.5, 0.6) is 0 Å². The van der Waals surface area contributed by atoms with Crippen molar-refractivity contribution in [3.8, 4) is 0 Å². The lowest BCUT2D eigenvalue weighted by atomic mass is 10.5. The van der Waals surface area contributed by atoms with Crippen molar-refractivity contribution in [2.75, 3.05) is 6.16 Å². The molecule has 0 spiro atoms. The number of allylic oxidation sites excluding steroid dienone is 1. The van der Waals surface area contributed by atoms with E-state index in [2.05, 4.69) is 11.9 Å². The van der Waals surface area contributed by atoms with Gasteiger partial charge < -0.3 is 11.1 Å². The molecule has 0 amide bonds. The first-order valence-corrected chi connectivity index (χ1v) is 6.39. The van der Waals surface area contributed by atoms with Crippen LogP contribution in [0.4, 0.5) is 0 Å². The third kappa shape index (κ3) is 6.27. The van der Waals surface area contributed by atoms with E-state index in [1.54, 1.807) is 0 Å². The molecule has 0 aromatic rings. The van der Waals surface area contributed by atoms with Gasteiger partial charge in [0, 0.05) is 6.20 Å². The Hall–Kier alpha value is -0.140. The minimum Gasteiger partial charge on any atom is -0.403 e. The molecule has 11 heavy (non-hydrogen) atoms. The zero-order chi connectivity index (χ0) is 8.91. The van der Waals surface area contributed by atoms with E-state index < -0.39 is 7.40 Å². The molecule has 6 heteroatoms. The Labute approximate surface area is 68.8 Å². The van der Waals surface area contributed by atoms with Crippen LogP contribution in [0.2, 0.25) is 0 Å². The lowest BCUT2D eigenvalue weighted by Crippen LogP contribution is -2.11. The van der Waals surface area contributed by atoms with Crippen LogP contribution in [0.15, 0.2) is 24.7 Å². The van der Waals surface area contributed by atoms with Gasteiger partial charge in [0.15, 0.2) is 6.16 Å². The van der Waals surface area contributed by atoms with Gasteiger partial charge in [0.1, 0.15) is 0 Å². The molecule has 0 aromatic heterocycles. The van der Waals surface area contributed by atoms with Crippen molar-refractivity contribution in [2.45, 2.75) is 0 Å². The summed E-state index contributed by atoms with van der Waals surface area (Å²) in [6, 6.07) is 0. The number of nitrogens with two attached hydrogens (primary N) is 1. The molecule has 0 fully saturated rings. The number of nitrogens with one attached hydrogen (secondary N) is 1. The van der Waals surface area contributed by atoms with Crippen molar-refractivity contribution >= 4 is 16.3 Å². The standard InChI is InChI=1S/C5H13N2O2P2/c1-2-7-5(3-6)4-11(8,9)10/h2-3,7-9H,1,4,6,10H2/q+1/b5-3-. The van der Waals surface area contributed by atoms with Gasteiger partial charge in [0.2, 0.25) is 0 Å². The summed E-state index contributed by atoms with van der Waals surface area (Å²) in [6.07, 6.45) is 2.84. The zero-order valence-electron chi connectivity index (χ0n) is 6.07. The van der Waals surface area contributed by atoms with Gasteiger partial charge in [0.05, 0.1) is 14.6 Å². The molecular formula is C5H13N2O2P2+. The molecule has 0 bridgehead atoms. The normalized spacial score (nSPS) is 12.8. The fourth-order valence-corrected chi connectivity index (χ4v) is 1.82. The summed E-state index contributed by atoms with van der Waals surface area (Å²) in [7, 11) is -0.869. The van der Waals surface area contributed by atoms with Gasteiger partial charge in [-0.1, -0.05) is 6.58 Å². The molecule has 0 rings (SSSR count). The van der Waals surface area contributed by atoms with E-state index in [0.717, 1.165) is 0 Å². The fourth-order valence-electron chi connectivity index (χ4n) is 0.528. The first-order valence-electron chi connectivity index (χ1n) is 2.90. The third-order valence-electron chi connectivity index (χ3n) is 0.892. The lowest BCUT2D eigenvalue weighted by molar-refractivity contribution is 0.476. The van der Waals surface area contributed by atoms with Gasteiger partial charge >= 0.3 is 0 Å². The molecule has 0 aromatic carbocycles. The van der Waals surface area contributed by atoms with Crippen molar-refractivity contribution < 1.29 is 9.79 Å². The highest BCUT2D eigenvalue weighted by atomic mass is 32.1. The van der Waals surface area contributed by atoms with Crippen LogP contribution < -0.4 is 11.1 Å². The second-order valence-corrected chi connectivity index (χ2v) is 6.35. The van der Waals surface area contributed by atoms with Gasteiger partial charge in [0.25, 0.3) is 7.40 Å². The largest absolute Gasteiger partial charge is 0.403 e. The molecule has 0 saturated heterocycles. The van der Waals surface area contributed by atoms with E-state index in [1.807, 2.05) is 8.93 Å². The molecule has 0 aliphatic heterocycles. The van der Waals surface area contributed by atoms with Crippen molar-refractivity contribution in [2.24, 2.45) is 5.73 Å². The summed E-state index contributed by atoms with van der Waals surface area (Å²) < 4.78 is 0. The minimum atomic E-state index is -2.86. The third-order valence-corrected chi connectivity index (χ3v) is 2.25. The molecule has 0 aliphatic rings. The summed E-state index contributed by atoms with van der Waals surface area (Å²) >= 11 is 0. The van der Waals surface area contributed by atoms with Gasteiger partial charge in [-0.2, -0.15) is 0 Å². The molecular weight excluding hydrogens is 182 g/mol. The quantitative estimate of drug-likeness (QED) is 0.481. The van der Waals surface area contributed by atoms with Crippen LogP contribution in [-0.4, -0.2) is 15.9 Å². The van der Waals surface area contributed by atoms with Crippen LogP contribution in [0.3, 0.4) is 0 Å². The maximum Gasteiger partial charge on any atom is 0.284 e. The van der Waals surface area contributed by atoms with Crippen molar-refractivity contribution in [3.05, 3.63) is 24.7 Å². The Morgan fingerprint density at radius 1 is 1.73 bits per heavy atom. The predicted molar refractivity (Wildman–Crippen MR) is 51.5 cm³/mol. The summed E-state index contributed by atoms with van der Waals surface area (Å²) in [5.74, 6) is 0. The average Bonchev–Trinajstić information content (AvgIpc) is 1.84. The van der Waals surface area contributed by atoms with Crippen LogP contribution in [-0.2, 0) is 0 Å². The summed E-state index contributed by atoms with van der Waals surface area (Å²) in [5.41, 5.74) is 5.73. The van der Waals surface area contributed by atoms with E-state index in [0.29, 0.717) is 5.70 Å². The Balaban J connectivity index is 4.00. The molecule has 0 radical (unpaired) electrons. The second-order valence-electron chi connectivity index (χ2n) is 1.98. The Kier molecular flexibility index (Phi) is 4.62. The Morgan fingerprint density at radius 2 is 2.27 bits per heavy atom. The molecule has 4 nitrogen and oxygen atoms in total. The Bertz CT molecular complexity index is 164. The van der Waals surface area contributed by atoms with Crippen LogP contribution >= 0.6 is 16.3 Å². The zero-order valence-corrected chi connectivity index (χ0v) is 8.11. The molecule has 1 unspecified atom stereocenters. The maximum absolute atomic E-state index is 9.00. The van der Waals surface area contributed by atoms with Crippen LogP contribution in [0, 0.1) is 0 Å². The number of rotatable bonds is 4. The molecule has 64 valence electrons. The summed E-state index contributed by atoms with van der Waals surface area (Å²) in [5, 5.41) is 2.68. The molecule has 1 atom stereocenters. The highest BCUT2D eigenvalue weighted by Gasteiger charge is 2.26. The van der Waals surface area contributed by atoms with Crippen LogP contribution in [0.25, 0.3) is 0 Å². The average molecular weight is 195 g/mol. The summed E-state index contributed by atoms with van der Waals surface area (Å²) in [4.78, 5) is 18.0. The van der Waals surface area contributed by atoms with E-state index >= 15 is 0 Å². The van der Waals surface area contributed by atoms with Crippen LogP contribution in [0.1, 0.15) is 0 Å². The highest BCUT2D eigenvalue weighted by molar-refractivity contribution is 8.18. The van der Waals surface area contributed by atoms with Crippen molar-refractivity contribution in [3.63, 3.8) is 0 Å². The highest BCUT2D eigenvalue weighted by Crippen LogP contribution is 2.59. The van der Waals surface area contributed by atoms with E-state index in [9.17, 15) is 0 Å². The summed E-state index contributed by atoms with van der Waals surface area (Å²) in [6.45, 7) is 3.41. The van der Waals surface area contributed by atoms with E-state index in [4.69, 9.17) is 15.5 Å². The number of hydrogen-bond acceptors (Lipinski definition) is 4. The van der Waals surface area contributed by atoms with Gasteiger partial charge in [-0.3, -0.25) is 0 Å². The van der Waals surface area contributed by atoms with Crippen molar-refractivity contribution in [1.29, 1.82) is 0 Å². The maximum atomic E-state index is 9.00. The molecule has 0 heterocycles. The molecule has 0 aliphatic carbocycles. The smallest absolute Gasteiger partial charge is 0.284 e. The second kappa shape index (κ2) is 4.68. The van der Waals surface area contributed by atoms with Gasteiger partial charge in [-0.15, -0.1) is 0 Å². The van der Waals surface area contributed by atoms with Gasteiger partial charge in [-0.25, -0.2) is 9.79 Å². The SMILES string of the molecule is C=CN/C(=C\N)C[P+](O)(O)P. The lowest BCUT2D eigenvalue weighted by Gasteiger charge is -2.08. The van der Waals surface area contributed by atoms with E-state index in [-0.39, 0.29) is 6.16 Å². The fraction of sp³-hybridized carbons (Fsp3) is 0.200. The predicted octanol–water partition coefficient (Wildman–Crippen LogP) is 0.142. The molecule has 0 saturated carbocycles. The van der Waals surface area contributed by atoms with E-state index in [1.165, 1.54) is 12.4 Å².